The summed E-state index contributed by atoms with van der Waals surface area (Å²) in [5, 5.41) is 11.9. The van der Waals surface area contributed by atoms with E-state index in [1.165, 1.54) is 6.07 Å². The number of nitrogens with zero attached hydrogens (tertiary/aromatic N) is 1. The molecular weight excluding hydrogens is 142 g/mol. The summed E-state index contributed by atoms with van der Waals surface area (Å²) in [5.41, 5.74) is 1.09. The minimum atomic E-state index is 0.143. The highest BCUT2D eigenvalue weighted by Gasteiger charge is 1.99. The van der Waals surface area contributed by atoms with E-state index in [1.807, 2.05) is 6.92 Å². The topological polar surface area (TPSA) is 49.7 Å². The van der Waals surface area contributed by atoms with Crippen LogP contribution in [0.5, 0.6) is 5.75 Å². The van der Waals surface area contributed by atoms with Crippen molar-refractivity contribution in [1.82, 2.24) is 0 Å². The molecule has 0 aliphatic carbocycles. The van der Waals surface area contributed by atoms with Crippen molar-refractivity contribution in [3.63, 3.8) is 0 Å². The van der Waals surface area contributed by atoms with Crippen LogP contribution in [0.15, 0.2) is 23.4 Å². The zero-order chi connectivity index (χ0) is 8.27. The largest absolute Gasteiger partial charge is 0.508 e. The molecule has 1 aromatic carbocycles. The Kier molecular flexibility index (Phi) is 2.21. The molecule has 0 fully saturated rings. The second-order valence-electron chi connectivity index (χ2n) is 2.26. The molecule has 0 saturated heterocycles. The molecule has 58 valence electrons. The summed E-state index contributed by atoms with van der Waals surface area (Å²) < 4.78 is 0. The van der Waals surface area contributed by atoms with Crippen LogP contribution < -0.4 is 0 Å². The number of aromatic hydroxyl groups is 1. The molecule has 1 N–H and O–H groups in total. The van der Waals surface area contributed by atoms with E-state index in [4.69, 9.17) is 0 Å². The molecule has 3 heteroatoms. The highest BCUT2D eigenvalue weighted by atomic mass is 16.3. The molecule has 0 amide bonds. The minimum Gasteiger partial charge on any atom is -0.508 e. The van der Waals surface area contributed by atoms with E-state index in [9.17, 15) is 10.0 Å². The summed E-state index contributed by atoms with van der Waals surface area (Å²) in [5.74, 6) is 0.143. The van der Waals surface area contributed by atoms with Crippen LogP contribution in [0, 0.1) is 4.91 Å². The normalized spacial score (nSPS) is 9.55. The molecule has 0 heterocycles. The third-order valence-electron chi connectivity index (χ3n) is 1.56. The maximum Gasteiger partial charge on any atom is 0.121 e. The average Bonchev–Trinajstić information content (AvgIpc) is 2.04. The lowest BCUT2D eigenvalue weighted by molar-refractivity contribution is 0.469. The van der Waals surface area contributed by atoms with Crippen LogP contribution in [0.4, 0.5) is 5.69 Å². The molecule has 1 rings (SSSR count). The Morgan fingerprint density at radius 3 is 2.73 bits per heavy atom. The third kappa shape index (κ3) is 1.55. The van der Waals surface area contributed by atoms with Gasteiger partial charge in [0.1, 0.15) is 11.4 Å². The monoisotopic (exact) mass is 151 g/mol. The standard InChI is InChI=1S/C8H9NO2/c1-2-6-3-4-7(9-11)5-8(6)10/h3-5,10H,2H2,1H3. The van der Waals surface area contributed by atoms with Gasteiger partial charge in [0, 0.05) is 6.07 Å². The number of phenols is 1. The highest BCUT2D eigenvalue weighted by molar-refractivity contribution is 5.46. The zero-order valence-electron chi connectivity index (χ0n) is 6.24. The van der Waals surface area contributed by atoms with Gasteiger partial charge in [-0.05, 0) is 23.2 Å². The number of phenolic OH excluding ortho intramolecular Hbond substituents is 1. The minimum absolute atomic E-state index is 0.143. The molecule has 0 aliphatic rings. The first-order valence-corrected chi connectivity index (χ1v) is 3.43. The van der Waals surface area contributed by atoms with Crippen LogP contribution in [0.25, 0.3) is 0 Å². The van der Waals surface area contributed by atoms with E-state index in [0.717, 1.165) is 12.0 Å². The van der Waals surface area contributed by atoms with Gasteiger partial charge in [-0.2, -0.15) is 0 Å². The number of rotatable bonds is 2. The number of nitroso groups, excluding NO2 is 1. The van der Waals surface area contributed by atoms with Crippen LogP contribution in [0.1, 0.15) is 12.5 Å². The van der Waals surface area contributed by atoms with Crippen LogP contribution in [-0.2, 0) is 6.42 Å². The van der Waals surface area contributed by atoms with Gasteiger partial charge in [0.25, 0.3) is 0 Å². The molecule has 0 unspecified atom stereocenters. The molecule has 0 saturated carbocycles. The summed E-state index contributed by atoms with van der Waals surface area (Å²) >= 11 is 0. The fraction of sp³-hybridized carbons (Fsp3) is 0.250. The van der Waals surface area contributed by atoms with Gasteiger partial charge < -0.3 is 5.11 Å². The zero-order valence-corrected chi connectivity index (χ0v) is 6.24. The molecule has 3 nitrogen and oxygen atoms in total. The molecule has 0 radical (unpaired) electrons. The van der Waals surface area contributed by atoms with Crippen molar-refractivity contribution in [2.45, 2.75) is 13.3 Å². The van der Waals surface area contributed by atoms with Crippen molar-refractivity contribution >= 4 is 5.69 Å². The number of hydrogen-bond acceptors (Lipinski definition) is 3. The maximum atomic E-state index is 10.00. The van der Waals surface area contributed by atoms with Gasteiger partial charge in [-0.1, -0.05) is 13.0 Å². The van der Waals surface area contributed by atoms with Crippen LogP contribution in [-0.4, -0.2) is 5.11 Å². The van der Waals surface area contributed by atoms with Crippen molar-refractivity contribution in [3.8, 4) is 5.75 Å². The average molecular weight is 151 g/mol. The fourth-order valence-corrected chi connectivity index (χ4v) is 0.908. The second-order valence-corrected chi connectivity index (χ2v) is 2.26. The van der Waals surface area contributed by atoms with Gasteiger partial charge in [-0.3, -0.25) is 0 Å². The van der Waals surface area contributed by atoms with Gasteiger partial charge in [0.2, 0.25) is 0 Å². The number of benzene rings is 1. The Morgan fingerprint density at radius 2 is 2.27 bits per heavy atom. The predicted octanol–water partition coefficient (Wildman–Crippen LogP) is 2.35. The summed E-state index contributed by atoms with van der Waals surface area (Å²) in [6.45, 7) is 1.93. The van der Waals surface area contributed by atoms with E-state index in [-0.39, 0.29) is 11.4 Å². The van der Waals surface area contributed by atoms with E-state index >= 15 is 0 Å². The van der Waals surface area contributed by atoms with E-state index < -0.39 is 0 Å². The van der Waals surface area contributed by atoms with Gasteiger partial charge in [0.15, 0.2) is 0 Å². The number of hydrogen-bond donors (Lipinski definition) is 1. The molecule has 0 spiro atoms. The predicted molar refractivity (Wildman–Crippen MR) is 42.9 cm³/mol. The quantitative estimate of drug-likeness (QED) is 0.659. The number of aryl methyl sites for hydroxylation is 1. The lowest BCUT2D eigenvalue weighted by atomic mass is 10.1. The lowest BCUT2D eigenvalue weighted by Gasteiger charge is -1.99. The summed E-state index contributed by atoms with van der Waals surface area (Å²) in [4.78, 5) is 10.00. The van der Waals surface area contributed by atoms with Gasteiger partial charge >= 0.3 is 0 Å². The van der Waals surface area contributed by atoms with Crippen molar-refractivity contribution < 1.29 is 5.11 Å². The first kappa shape index (κ1) is 7.72. The van der Waals surface area contributed by atoms with Crippen molar-refractivity contribution in [1.29, 1.82) is 0 Å². The molecular formula is C8H9NO2. The summed E-state index contributed by atoms with van der Waals surface area (Å²) in [6.07, 6.45) is 0.755. The van der Waals surface area contributed by atoms with Crippen LogP contribution in [0.3, 0.4) is 0 Å². The Labute approximate surface area is 64.7 Å². The molecule has 0 bridgehead atoms. The van der Waals surface area contributed by atoms with Gasteiger partial charge in [0.05, 0.1) is 0 Å². The van der Waals surface area contributed by atoms with Crippen molar-refractivity contribution in [2.75, 3.05) is 0 Å². The molecule has 1 aromatic rings. The lowest BCUT2D eigenvalue weighted by Crippen LogP contribution is -1.79. The maximum absolute atomic E-state index is 10.00. The molecule has 0 aliphatic heterocycles. The van der Waals surface area contributed by atoms with Crippen molar-refractivity contribution in [3.05, 3.63) is 28.7 Å². The highest BCUT2D eigenvalue weighted by Crippen LogP contribution is 2.23. The first-order chi connectivity index (χ1) is 5.27. The van der Waals surface area contributed by atoms with E-state index in [1.54, 1.807) is 12.1 Å². The third-order valence-corrected chi connectivity index (χ3v) is 1.56. The molecule has 0 atom stereocenters. The summed E-state index contributed by atoms with van der Waals surface area (Å²) in [6, 6.07) is 4.66. The van der Waals surface area contributed by atoms with Crippen molar-refractivity contribution in [2.24, 2.45) is 5.18 Å². The van der Waals surface area contributed by atoms with Crippen LogP contribution in [0.2, 0.25) is 0 Å². The van der Waals surface area contributed by atoms with E-state index in [2.05, 4.69) is 5.18 Å². The Balaban J connectivity index is 3.09. The molecule has 11 heavy (non-hydrogen) atoms. The Bertz CT molecular complexity index is 271. The summed E-state index contributed by atoms with van der Waals surface area (Å²) in [7, 11) is 0. The van der Waals surface area contributed by atoms with Gasteiger partial charge in [-0.15, -0.1) is 4.91 Å². The fourth-order valence-electron chi connectivity index (χ4n) is 0.908. The smallest absolute Gasteiger partial charge is 0.121 e. The second kappa shape index (κ2) is 3.14. The van der Waals surface area contributed by atoms with Gasteiger partial charge in [-0.25, -0.2) is 0 Å². The first-order valence-electron chi connectivity index (χ1n) is 3.43. The van der Waals surface area contributed by atoms with Crippen LogP contribution >= 0.6 is 0 Å². The Morgan fingerprint density at radius 1 is 1.55 bits per heavy atom. The SMILES string of the molecule is CCc1ccc(N=O)cc1O. The Hall–Kier alpha value is -1.38. The molecule has 0 aromatic heterocycles. The van der Waals surface area contributed by atoms with E-state index in [0.29, 0.717) is 0 Å².